The average Bonchev–Trinajstić information content (AvgIpc) is 2.47. The first-order valence-electron chi connectivity index (χ1n) is 7.75. The number of sulfonamides is 1. The third-order valence-electron chi connectivity index (χ3n) is 4.40. The molecule has 2 heterocycles. The van der Waals surface area contributed by atoms with Crippen LogP contribution in [0.4, 0.5) is 0 Å². The molecule has 1 unspecified atom stereocenters. The van der Waals surface area contributed by atoms with Gasteiger partial charge < -0.3 is 10.2 Å². The fourth-order valence-electron chi connectivity index (χ4n) is 2.80. The van der Waals surface area contributed by atoms with Crippen LogP contribution in [0.3, 0.4) is 0 Å². The van der Waals surface area contributed by atoms with Crippen LogP contribution >= 0.6 is 0 Å². The fourth-order valence-corrected chi connectivity index (χ4v) is 3.89. The number of piperazine rings is 2. The molecule has 7 nitrogen and oxygen atoms in total. The van der Waals surface area contributed by atoms with Gasteiger partial charge in [-0.2, -0.15) is 0 Å². The van der Waals surface area contributed by atoms with Crippen molar-refractivity contribution in [3.05, 3.63) is 0 Å². The van der Waals surface area contributed by atoms with Gasteiger partial charge in [0, 0.05) is 64.9 Å². The Kier molecular flexibility index (Phi) is 6.39. The van der Waals surface area contributed by atoms with E-state index in [4.69, 9.17) is 0 Å². The lowest BCUT2D eigenvalue weighted by molar-refractivity contribution is 0.117. The highest BCUT2D eigenvalue weighted by molar-refractivity contribution is 7.89. The van der Waals surface area contributed by atoms with Gasteiger partial charge in [0.1, 0.15) is 0 Å². The number of nitrogens with zero attached hydrogens (tertiary/aromatic N) is 3. The second-order valence-electron chi connectivity index (χ2n) is 6.16. The van der Waals surface area contributed by atoms with Gasteiger partial charge in [-0.05, 0) is 14.1 Å². The minimum absolute atomic E-state index is 0.194. The molecule has 2 aliphatic heterocycles. The lowest BCUT2D eigenvalue weighted by atomic mass is 10.2. The molecule has 0 saturated carbocycles. The van der Waals surface area contributed by atoms with Crippen molar-refractivity contribution in [3.63, 3.8) is 0 Å². The number of nitrogens with one attached hydrogen (secondary N) is 2. The highest BCUT2D eigenvalue weighted by Crippen LogP contribution is 2.05. The number of hydrogen-bond acceptors (Lipinski definition) is 6. The van der Waals surface area contributed by atoms with Gasteiger partial charge in [-0.25, -0.2) is 13.1 Å². The van der Waals surface area contributed by atoms with Crippen molar-refractivity contribution in [2.45, 2.75) is 6.04 Å². The lowest BCUT2D eigenvalue weighted by Crippen LogP contribution is -2.54. The Morgan fingerprint density at radius 3 is 2.57 bits per heavy atom. The normalized spacial score (nSPS) is 27.0. The van der Waals surface area contributed by atoms with Gasteiger partial charge in [-0.3, -0.25) is 9.80 Å². The first-order chi connectivity index (χ1) is 9.96. The Labute approximate surface area is 128 Å². The molecule has 0 bridgehead atoms. The molecule has 0 amide bonds. The molecule has 2 fully saturated rings. The molecule has 0 aromatic carbocycles. The monoisotopic (exact) mass is 319 g/mol. The smallest absolute Gasteiger partial charge is 0.212 e. The highest BCUT2D eigenvalue weighted by Gasteiger charge is 2.24. The summed E-state index contributed by atoms with van der Waals surface area (Å²) >= 11 is 0. The molecule has 0 aromatic rings. The molecule has 0 aromatic heterocycles. The zero-order chi connectivity index (χ0) is 15.3. The van der Waals surface area contributed by atoms with E-state index in [1.54, 1.807) is 0 Å². The van der Waals surface area contributed by atoms with Gasteiger partial charge >= 0.3 is 0 Å². The van der Waals surface area contributed by atoms with Crippen molar-refractivity contribution < 1.29 is 8.42 Å². The maximum atomic E-state index is 12.1. The van der Waals surface area contributed by atoms with Gasteiger partial charge in [0.25, 0.3) is 0 Å². The van der Waals surface area contributed by atoms with E-state index in [1.807, 2.05) is 0 Å². The van der Waals surface area contributed by atoms with Gasteiger partial charge in [0.2, 0.25) is 10.0 Å². The summed E-state index contributed by atoms with van der Waals surface area (Å²) in [6.07, 6.45) is 0. The Hall–Kier alpha value is -0.250. The molecule has 0 radical (unpaired) electrons. The van der Waals surface area contributed by atoms with Crippen LogP contribution in [0.2, 0.25) is 0 Å². The van der Waals surface area contributed by atoms with Crippen LogP contribution in [0.15, 0.2) is 0 Å². The second-order valence-corrected chi connectivity index (χ2v) is 8.08. The van der Waals surface area contributed by atoms with E-state index in [9.17, 15) is 8.42 Å². The third kappa shape index (κ3) is 5.80. The number of rotatable bonds is 6. The summed E-state index contributed by atoms with van der Waals surface area (Å²) in [5.74, 6) is 0.194. The van der Waals surface area contributed by atoms with Crippen molar-refractivity contribution in [1.82, 2.24) is 24.7 Å². The molecule has 2 rings (SSSR count). The van der Waals surface area contributed by atoms with Crippen molar-refractivity contribution in [2.75, 3.05) is 78.8 Å². The molecule has 2 saturated heterocycles. The van der Waals surface area contributed by atoms with E-state index in [0.29, 0.717) is 13.1 Å². The molecule has 1 atom stereocenters. The quantitative estimate of drug-likeness (QED) is 0.594. The predicted molar refractivity (Wildman–Crippen MR) is 85.0 cm³/mol. The van der Waals surface area contributed by atoms with Gasteiger partial charge in [-0.1, -0.05) is 0 Å². The molecule has 124 valence electrons. The zero-order valence-electron chi connectivity index (χ0n) is 13.2. The summed E-state index contributed by atoms with van der Waals surface area (Å²) < 4.78 is 27.0. The molecular weight excluding hydrogens is 290 g/mol. The summed E-state index contributed by atoms with van der Waals surface area (Å²) in [6, 6.07) is 0.262. The van der Waals surface area contributed by atoms with E-state index in [2.05, 4.69) is 38.8 Å². The van der Waals surface area contributed by atoms with E-state index < -0.39 is 10.0 Å². The Morgan fingerprint density at radius 2 is 1.86 bits per heavy atom. The van der Waals surface area contributed by atoms with Crippen LogP contribution in [0.1, 0.15) is 0 Å². The van der Waals surface area contributed by atoms with Crippen LogP contribution in [0.25, 0.3) is 0 Å². The first kappa shape index (κ1) is 17.1. The van der Waals surface area contributed by atoms with Crippen LogP contribution in [-0.2, 0) is 10.0 Å². The van der Waals surface area contributed by atoms with Crippen molar-refractivity contribution >= 4 is 10.0 Å². The molecular formula is C13H29N5O2S. The lowest BCUT2D eigenvalue weighted by Gasteiger charge is -2.37. The Balaban J connectivity index is 1.72. The van der Waals surface area contributed by atoms with Crippen LogP contribution in [-0.4, -0.2) is 108 Å². The zero-order valence-corrected chi connectivity index (χ0v) is 14.0. The van der Waals surface area contributed by atoms with Crippen molar-refractivity contribution in [1.29, 1.82) is 0 Å². The Bertz CT molecular complexity index is 411. The van der Waals surface area contributed by atoms with E-state index in [0.717, 1.165) is 45.8 Å². The summed E-state index contributed by atoms with van der Waals surface area (Å²) in [5, 5.41) is 3.27. The van der Waals surface area contributed by atoms with Crippen LogP contribution < -0.4 is 10.0 Å². The van der Waals surface area contributed by atoms with Crippen LogP contribution in [0.5, 0.6) is 0 Å². The predicted octanol–water partition coefficient (Wildman–Crippen LogP) is -1.94. The minimum Gasteiger partial charge on any atom is -0.314 e. The molecule has 8 heteroatoms. The Morgan fingerprint density at radius 1 is 1.14 bits per heavy atom. The van der Waals surface area contributed by atoms with E-state index >= 15 is 0 Å². The SMILES string of the molecule is CN1CCN(C)C(CNS(=O)(=O)CCN2CCNCC2)C1. The summed E-state index contributed by atoms with van der Waals surface area (Å²) in [7, 11) is 0.966. The number of hydrogen-bond donors (Lipinski definition) is 2. The van der Waals surface area contributed by atoms with Gasteiger partial charge in [0.15, 0.2) is 0 Å². The van der Waals surface area contributed by atoms with Gasteiger partial charge in [0.05, 0.1) is 5.75 Å². The summed E-state index contributed by atoms with van der Waals surface area (Å²) in [5.41, 5.74) is 0. The second kappa shape index (κ2) is 7.85. The third-order valence-corrected chi connectivity index (χ3v) is 5.73. The standard InChI is InChI=1S/C13H29N5O2S/c1-16-7-8-17(2)13(12-16)11-15-21(19,20)10-9-18-5-3-14-4-6-18/h13-15H,3-12H2,1-2H3. The first-order valence-corrected chi connectivity index (χ1v) is 9.41. The van der Waals surface area contributed by atoms with Crippen molar-refractivity contribution in [3.8, 4) is 0 Å². The van der Waals surface area contributed by atoms with E-state index in [1.165, 1.54) is 0 Å². The molecule has 21 heavy (non-hydrogen) atoms. The average molecular weight is 319 g/mol. The van der Waals surface area contributed by atoms with Crippen molar-refractivity contribution in [2.24, 2.45) is 0 Å². The van der Waals surface area contributed by atoms with Gasteiger partial charge in [-0.15, -0.1) is 0 Å². The topological polar surface area (TPSA) is 67.9 Å². The van der Waals surface area contributed by atoms with E-state index in [-0.39, 0.29) is 11.8 Å². The highest BCUT2D eigenvalue weighted by atomic mass is 32.2. The summed E-state index contributed by atoms with van der Waals surface area (Å²) in [4.78, 5) is 6.69. The maximum absolute atomic E-state index is 12.1. The van der Waals surface area contributed by atoms with Crippen LogP contribution in [0, 0.1) is 0 Å². The largest absolute Gasteiger partial charge is 0.314 e. The maximum Gasteiger partial charge on any atom is 0.212 e. The molecule has 0 aliphatic carbocycles. The molecule has 2 N–H and O–H groups in total. The fraction of sp³-hybridized carbons (Fsp3) is 1.00. The summed E-state index contributed by atoms with van der Waals surface area (Å²) in [6.45, 7) is 7.85. The molecule has 2 aliphatic rings. The minimum atomic E-state index is -3.18. The molecule has 0 spiro atoms. The number of likely N-dealkylation sites (N-methyl/N-ethyl adjacent to an activating group) is 2.